The van der Waals surface area contributed by atoms with E-state index in [1.54, 1.807) is 0 Å². The fourth-order valence-corrected chi connectivity index (χ4v) is 2.56. The first-order chi connectivity index (χ1) is 8.77. The zero-order valence-corrected chi connectivity index (χ0v) is 11.5. The van der Waals surface area contributed by atoms with Crippen LogP contribution in [0.3, 0.4) is 0 Å². The fraction of sp³-hybridized carbons (Fsp3) is 0.538. The first kappa shape index (κ1) is 14.5. The van der Waals surface area contributed by atoms with Crippen LogP contribution in [-0.2, 0) is 6.18 Å². The van der Waals surface area contributed by atoms with E-state index < -0.39 is 11.7 Å². The predicted molar refractivity (Wildman–Crippen MR) is 70.6 cm³/mol. The van der Waals surface area contributed by atoms with Crippen molar-refractivity contribution >= 4 is 17.3 Å². The maximum atomic E-state index is 12.5. The second kappa shape index (κ2) is 5.21. The van der Waals surface area contributed by atoms with Gasteiger partial charge in [0.2, 0.25) is 0 Å². The molecule has 0 aliphatic carbocycles. The van der Waals surface area contributed by atoms with E-state index in [1.807, 2.05) is 7.05 Å². The van der Waals surface area contributed by atoms with Crippen molar-refractivity contribution in [1.82, 2.24) is 4.90 Å². The Morgan fingerprint density at radius 3 is 2.53 bits per heavy atom. The standard InChI is InChI=1S/C13H16ClF3N2/c1-8-5-10(7-19(8)2)18-12-4-3-9(6-11(12)14)13(15,16)17/h3-4,6,8,10,18H,5,7H2,1-2H3. The molecule has 0 aromatic heterocycles. The fourth-order valence-electron chi connectivity index (χ4n) is 2.33. The molecule has 2 rings (SSSR count). The average Bonchev–Trinajstić information content (AvgIpc) is 2.59. The molecule has 2 atom stereocenters. The highest BCUT2D eigenvalue weighted by molar-refractivity contribution is 6.33. The van der Waals surface area contributed by atoms with Crippen LogP contribution in [0.5, 0.6) is 0 Å². The van der Waals surface area contributed by atoms with E-state index >= 15 is 0 Å². The lowest BCUT2D eigenvalue weighted by molar-refractivity contribution is -0.137. The van der Waals surface area contributed by atoms with Crippen molar-refractivity contribution in [3.63, 3.8) is 0 Å². The number of likely N-dealkylation sites (tertiary alicyclic amines) is 1. The van der Waals surface area contributed by atoms with Gasteiger partial charge < -0.3 is 10.2 Å². The van der Waals surface area contributed by atoms with Gasteiger partial charge in [0, 0.05) is 18.6 Å². The van der Waals surface area contributed by atoms with Crippen LogP contribution in [0.15, 0.2) is 18.2 Å². The number of rotatable bonds is 2. The molecule has 1 heterocycles. The molecule has 1 saturated heterocycles. The van der Waals surface area contributed by atoms with Gasteiger partial charge in [-0.1, -0.05) is 11.6 Å². The summed E-state index contributed by atoms with van der Waals surface area (Å²) >= 11 is 5.91. The SMILES string of the molecule is CC1CC(Nc2ccc(C(F)(F)F)cc2Cl)CN1C. The highest BCUT2D eigenvalue weighted by Gasteiger charge is 2.31. The molecule has 0 bridgehead atoms. The van der Waals surface area contributed by atoms with Gasteiger partial charge in [-0.05, 0) is 38.6 Å². The lowest BCUT2D eigenvalue weighted by atomic mass is 10.1. The highest BCUT2D eigenvalue weighted by atomic mass is 35.5. The summed E-state index contributed by atoms with van der Waals surface area (Å²) in [4.78, 5) is 2.20. The molecular formula is C13H16ClF3N2. The van der Waals surface area contributed by atoms with E-state index in [1.165, 1.54) is 6.07 Å². The van der Waals surface area contributed by atoms with Crippen LogP contribution in [0.25, 0.3) is 0 Å². The maximum absolute atomic E-state index is 12.5. The Morgan fingerprint density at radius 1 is 1.37 bits per heavy atom. The van der Waals surface area contributed by atoms with Crippen LogP contribution >= 0.6 is 11.6 Å². The summed E-state index contributed by atoms with van der Waals surface area (Å²) in [5.74, 6) is 0. The summed E-state index contributed by atoms with van der Waals surface area (Å²) in [6.07, 6.45) is -3.40. The minimum Gasteiger partial charge on any atom is -0.380 e. The first-order valence-electron chi connectivity index (χ1n) is 6.11. The van der Waals surface area contributed by atoms with E-state index in [9.17, 15) is 13.2 Å². The summed E-state index contributed by atoms with van der Waals surface area (Å²) in [6, 6.07) is 4.09. The minimum absolute atomic E-state index is 0.108. The predicted octanol–water partition coefficient (Wildman–Crippen LogP) is 3.86. The Labute approximate surface area is 115 Å². The van der Waals surface area contributed by atoms with Gasteiger partial charge in [0.25, 0.3) is 0 Å². The van der Waals surface area contributed by atoms with E-state index in [2.05, 4.69) is 17.1 Å². The number of benzene rings is 1. The second-order valence-electron chi connectivity index (χ2n) is 5.06. The second-order valence-corrected chi connectivity index (χ2v) is 5.47. The number of nitrogens with zero attached hydrogens (tertiary/aromatic N) is 1. The van der Waals surface area contributed by atoms with Gasteiger partial charge >= 0.3 is 6.18 Å². The van der Waals surface area contributed by atoms with Gasteiger partial charge in [-0.2, -0.15) is 13.2 Å². The minimum atomic E-state index is -4.36. The summed E-state index contributed by atoms with van der Waals surface area (Å²) in [7, 11) is 2.03. The number of likely N-dealkylation sites (N-methyl/N-ethyl adjacent to an activating group) is 1. The zero-order chi connectivity index (χ0) is 14.2. The third kappa shape index (κ3) is 3.34. The van der Waals surface area contributed by atoms with Crippen LogP contribution in [0.2, 0.25) is 5.02 Å². The largest absolute Gasteiger partial charge is 0.416 e. The molecule has 1 aromatic rings. The van der Waals surface area contributed by atoms with Crippen LogP contribution in [0.4, 0.5) is 18.9 Å². The van der Waals surface area contributed by atoms with Crippen LogP contribution in [0, 0.1) is 0 Å². The van der Waals surface area contributed by atoms with Gasteiger partial charge in [-0.3, -0.25) is 0 Å². The number of hydrogen-bond acceptors (Lipinski definition) is 2. The molecule has 1 aliphatic rings. The Hall–Kier alpha value is -0.940. The number of alkyl halides is 3. The first-order valence-corrected chi connectivity index (χ1v) is 6.48. The summed E-state index contributed by atoms with van der Waals surface area (Å²) in [5.41, 5.74) is -0.165. The summed E-state index contributed by atoms with van der Waals surface area (Å²) in [5, 5.41) is 3.32. The molecule has 1 fully saturated rings. The van der Waals surface area contributed by atoms with Crippen molar-refractivity contribution in [3.05, 3.63) is 28.8 Å². The normalized spacial score (nSPS) is 24.7. The maximum Gasteiger partial charge on any atom is 0.416 e. The summed E-state index contributed by atoms with van der Waals surface area (Å²) < 4.78 is 37.6. The molecule has 0 amide bonds. The van der Waals surface area contributed by atoms with Crippen molar-refractivity contribution in [3.8, 4) is 0 Å². The molecule has 1 aromatic carbocycles. The third-order valence-corrected chi connectivity index (χ3v) is 3.86. The highest BCUT2D eigenvalue weighted by Crippen LogP contribution is 2.34. The number of nitrogens with one attached hydrogen (secondary N) is 1. The molecule has 2 unspecified atom stereocenters. The molecule has 1 N–H and O–H groups in total. The van der Waals surface area contributed by atoms with E-state index in [4.69, 9.17) is 11.6 Å². The third-order valence-electron chi connectivity index (χ3n) is 3.54. The van der Waals surface area contributed by atoms with Crippen LogP contribution in [0.1, 0.15) is 18.9 Å². The Kier molecular flexibility index (Phi) is 3.97. The average molecular weight is 293 g/mol. The Morgan fingerprint density at radius 2 is 2.05 bits per heavy atom. The molecule has 0 spiro atoms. The van der Waals surface area contributed by atoms with Crippen molar-refractivity contribution in [2.24, 2.45) is 0 Å². The Bertz CT molecular complexity index is 452. The van der Waals surface area contributed by atoms with Crippen molar-refractivity contribution in [1.29, 1.82) is 0 Å². The molecule has 0 radical (unpaired) electrons. The smallest absolute Gasteiger partial charge is 0.380 e. The number of anilines is 1. The molecule has 0 saturated carbocycles. The topological polar surface area (TPSA) is 15.3 Å². The number of hydrogen-bond donors (Lipinski definition) is 1. The monoisotopic (exact) mass is 292 g/mol. The molecule has 6 heteroatoms. The van der Waals surface area contributed by atoms with Gasteiger partial charge in [0.15, 0.2) is 0 Å². The quantitative estimate of drug-likeness (QED) is 0.890. The van der Waals surface area contributed by atoms with Crippen LogP contribution < -0.4 is 5.32 Å². The van der Waals surface area contributed by atoms with E-state index in [-0.39, 0.29) is 11.1 Å². The van der Waals surface area contributed by atoms with Gasteiger partial charge in [0.1, 0.15) is 0 Å². The van der Waals surface area contributed by atoms with Gasteiger partial charge in [-0.25, -0.2) is 0 Å². The Balaban J connectivity index is 2.10. The summed E-state index contributed by atoms with van der Waals surface area (Å²) in [6.45, 7) is 2.98. The molecular weight excluding hydrogens is 277 g/mol. The van der Waals surface area contributed by atoms with Crippen molar-refractivity contribution in [2.75, 3.05) is 18.9 Å². The molecule has 19 heavy (non-hydrogen) atoms. The molecule has 2 nitrogen and oxygen atoms in total. The van der Waals surface area contributed by atoms with Crippen molar-refractivity contribution in [2.45, 2.75) is 31.6 Å². The lowest BCUT2D eigenvalue weighted by Gasteiger charge is -2.16. The molecule has 1 aliphatic heterocycles. The lowest BCUT2D eigenvalue weighted by Crippen LogP contribution is -2.25. The van der Waals surface area contributed by atoms with Crippen LogP contribution in [-0.4, -0.2) is 30.6 Å². The van der Waals surface area contributed by atoms with Crippen molar-refractivity contribution < 1.29 is 13.2 Å². The molecule has 106 valence electrons. The van der Waals surface area contributed by atoms with Gasteiger partial charge in [0.05, 0.1) is 16.3 Å². The van der Waals surface area contributed by atoms with Gasteiger partial charge in [-0.15, -0.1) is 0 Å². The van der Waals surface area contributed by atoms with E-state index in [0.717, 1.165) is 25.1 Å². The zero-order valence-electron chi connectivity index (χ0n) is 10.8. The number of halogens is 4. The van der Waals surface area contributed by atoms with E-state index in [0.29, 0.717) is 11.7 Å².